The van der Waals surface area contributed by atoms with Gasteiger partial charge in [-0.3, -0.25) is 9.78 Å². The van der Waals surface area contributed by atoms with Crippen LogP contribution in [0.5, 0.6) is 0 Å². The number of rotatable bonds is 4. The monoisotopic (exact) mass is 309 g/mol. The summed E-state index contributed by atoms with van der Waals surface area (Å²) in [6.45, 7) is 3.86. The van der Waals surface area contributed by atoms with Gasteiger partial charge in [0, 0.05) is 37.6 Å². The Morgan fingerprint density at radius 1 is 1.26 bits per heavy atom. The van der Waals surface area contributed by atoms with Gasteiger partial charge in [-0.05, 0) is 56.2 Å². The molecule has 0 unspecified atom stereocenters. The normalized spacial score (nSPS) is 17.3. The van der Waals surface area contributed by atoms with Crippen molar-refractivity contribution < 1.29 is 4.79 Å². The van der Waals surface area contributed by atoms with Crippen LogP contribution in [0, 0.1) is 0 Å². The third-order valence-electron chi connectivity index (χ3n) is 4.57. The van der Waals surface area contributed by atoms with Crippen LogP contribution in [-0.2, 0) is 0 Å². The van der Waals surface area contributed by atoms with Crippen LogP contribution in [0.25, 0.3) is 0 Å². The molecule has 4 nitrogen and oxygen atoms in total. The zero-order chi connectivity index (χ0) is 16.2. The average molecular weight is 309 g/mol. The zero-order valence-electron chi connectivity index (χ0n) is 13.8. The van der Waals surface area contributed by atoms with Crippen LogP contribution in [0.4, 0.5) is 5.69 Å². The largest absolute Gasteiger partial charge is 0.375 e. The summed E-state index contributed by atoms with van der Waals surface area (Å²) in [5.74, 6) is 0.101. The number of carbonyl (C=O) groups excluding carboxylic acids is 1. The van der Waals surface area contributed by atoms with Gasteiger partial charge in [0.25, 0.3) is 5.91 Å². The first-order valence-electron chi connectivity index (χ1n) is 8.24. The second-order valence-electron chi connectivity index (χ2n) is 5.97. The van der Waals surface area contributed by atoms with Gasteiger partial charge in [-0.15, -0.1) is 0 Å². The third kappa shape index (κ3) is 3.21. The predicted molar refractivity (Wildman–Crippen MR) is 92.6 cm³/mol. The molecule has 0 N–H and O–H groups in total. The topological polar surface area (TPSA) is 36.4 Å². The zero-order valence-corrected chi connectivity index (χ0v) is 13.8. The van der Waals surface area contributed by atoms with Gasteiger partial charge < -0.3 is 9.80 Å². The van der Waals surface area contributed by atoms with Crippen molar-refractivity contribution in [2.75, 3.05) is 25.0 Å². The Morgan fingerprint density at radius 2 is 2.04 bits per heavy atom. The molecule has 1 amide bonds. The Labute approximate surface area is 137 Å². The summed E-state index contributed by atoms with van der Waals surface area (Å²) < 4.78 is 0. The Hall–Kier alpha value is -2.36. The lowest BCUT2D eigenvalue weighted by Gasteiger charge is -2.25. The number of anilines is 1. The second kappa shape index (κ2) is 6.82. The summed E-state index contributed by atoms with van der Waals surface area (Å²) in [5, 5.41) is 0. The van der Waals surface area contributed by atoms with Crippen LogP contribution in [0.3, 0.4) is 0 Å². The highest BCUT2D eigenvalue weighted by Crippen LogP contribution is 2.32. The molecule has 3 rings (SSSR count). The molecule has 1 atom stereocenters. The van der Waals surface area contributed by atoms with Crippen LogP contribution < -0.4 is 4.90 Å². The van der Waals surface area contributed by atoms with E-state index < -0.39 is 0 Å². The Morgan fingerprint density at radius 3 is 2.70 bits per heavy atom. The molecule has 2 aromatic rings. The number of likely N-dealkylation sites (tertiary alicyclic amines) is 1. The van der Waals surface area contributed by atoms with E-state index in [1.165, 1.54) is 0 Å². The number of aromatic nitrogens is 1. The quantitative estimate of drug-likeness (QED) is 0.867. The van der Waals surface area contributed by atoms with Crippen LogP contribution in [0.2, 0.25) is 0 Å². The summed E-state index contributed by atoms with van der Waals surface area (Å²) in [6.07, 6.45) is 3.81. The number of amides is 1. The smallest absolute Gasteiger partial charge is 0.254 e. The van der Waals surface area contributed by atoms with E-state index in [9.17, 15) is 4.79 Å². The van der Waals surface area contributed by atoms with E-state index in [0.29, 0.717) is 0 Å². The molecule has 23 heavy (non-hydrogen) atoms. The molecule has 0 saturated carbocycles. The third-order valence-corrected chi connectivity index (χ3v) is 4.57. The highest BCUT2D eigenvalue weighted by Gasteiger charge is 2.31. The number of hydrogen-bond donors (Lipinski definition) is 0. The fourth-order valence-electron chi connectivity index (χ4n) is 3.10. The minimum absolute atomic E-state index is 0.0988. The number of benzene rings is 1. The lowest BCUT2D eigenvalue weighted by atomic mass is 10.1. The van der Waals surface area contributed by atoms with Gasteiger partial charge in [0.1, 0.15) is 0 Å². The highest BCUT2D eigenvalue weighted by molar-refractivity contribution is 5.95. The molecule has 1 aromatic carbocycles. The maximum Gasteiger partial charge on any atom is 0.254 e. The van der Waals surface area contributed by atoms with Gasteiger partial charge in [0.2, 0.25) is 0 Å². The Bertz CT molecular complexity index is 654. The van der Waals surface area contributed by atoms with Crippen molar-refractivity contribution in [3.05, 3.63) is 59.9 Å². The SMILES string of the molecule is CCN(C)c1ccc(C(=O)N2CCC[C@@H]2c2ccccn2)cc1. The van der Waals surface area contributed by atoms with Gasteiger partial charge in [0.15, 0.2) is 0 Å². The molecule has 4 heteroatoms. The second-order valence-corrected chi connectivity index (χ2v) is 5.97. The maximum absolute atomic E-state index is 12.9. The van der Waals surface area contributed by atoms with Crippen LogP contribution in [0.1, 0.15) is 41.9 Å². The van der Waals surface area contributed by atoms with Crippen molar-refractivity contribution in [2.24, 2.45) is 0 Å². The predicted octanol–water partition coefficient (Wildman–Crippen LogP) is 3.52. The molecule has 0 radical (unpaired) electrons. The van der Waals surface area contributed by atoms with Gasteiger partial charge in [-0.1, -0.05) is 6.07 Å². The molecular formula is C19H23N3O. The van der Waals surface area contributed by atoms with Gasteiger partial charge in [-0.25, -0.2) is 0 Å². The van der Waals surface area contributed by atoms with Gasteiger partial charge in [-0.2, -0.15) is 0 Å². The molecule has 1 aliphatic rings. The van der Waals surface area contributed by atoms with E-state index in [1.54, 1.807) is 6.20 Å². The van der Waals surface area contributed by atoms with Crippen LogP contribution >= 0.6 is 0 Å². The lowest BCUT2D eigenvalue weighted by molar-refractivity contribution is 0.0733. The Kier molecular flexibility index (Phi) is 4.60. The van der Waals surface area contributed by atoms with Crippen molar-refractivity contribution in [1.82, 2.24) is 9.88 Å². The fraction of sp³-hybridized carbons (Fsp3) is 0.368. The van der Waals surface area contributed by atoms with Gasteiger partial charge in [0.05, 0.1) is 11.7 Å². The first-order chi connectivity index (χ1) is 11.2. The number of pyridine rings is 1. The van der Waals surface area contributed by atoms with Crippen molar-refractivity contribution in [1.29, 1.82) is 0 Å². The molecule has 1 saturated heterocycles. The van der Waals surface area contributed by atoms with Crippen molar-refractivity contribution in [2.45, 2.75) is 25.8 Å². The first kappa shape index (κ1) is 15.5. The molecule has 120 valence electrons. The summed E-state index contributed by atoms with van der Waals surface area (Å²) in [5.41, 5.74) is 2.87. The Balaban J connectivity index is 1.79. The highest BCUT2D eigenvalue weighted by atomic mass is 16.2. The number of hydrogen-bond acceptors (Lipinski definition) is 3. The number of carbonyl (C=O) groups is 1. The maximum atomic E-state index is 12.9. The molecule has 0 spiro atoms. The summed E-state index contributed by atoms with van der Waals surface area (Å²) in [6, 6.07) is 13.9. The molecule has 2 heterocycles. The molecule has 0 bridgehead atoms. The van der Waals surface area contributed by atoms with E-state index in [2.05, 4.69) is 23.9 Å². The molecule has 0 aliphatic carbocycles. The minimum Gasteiger partial charge on any atom is -0.375 e. The summed E-state index contributed by atoms with van der Waals surface area (Å²) in [4.78, 5) is 21.4. The van der Waals surface area contributed by atoms with E-state index >= 15 is 0 Å². The van der Waals surface area contributed by atoms with Crippen molar-refractivity contribution in [3.8, 4) is 0 Å². The van der Waals surface area contributed by atoms with E-state index in [1.807, 2.05) is 47.4 Å². The average Bonchev–Trinajstić information content (AvgIpc) is 3.11. The van der Waals surface area contributed by atoms with Crippen molar-refractivity contribution in [3.63, 3.8) is 0 Å². The first-order valence-corrected chi connectivity index (χ1v) is 8.24. The summed E-state index contributed by atoms with van der Waals surface area (Å²) in [7, 11) is 2.05. The van der Waals surface area contributed by atoms with E-state index in [0.717, 1.165) is 42.9 Å². The molecule has 1 aromatic heterocycles. The van der Waals surface area contributed by atoms with E-state index in [-0.39, 0.29) is 11.9 Å². The lowest BCUT2D eigenvalue weighted by Crippen LogP contribution is -2.31. The minimum atomic E-state index is 0.0988. The molecule has 1 aliphatic heterocycles. The molecular weight excluding hydrogens is 286 g/mol. The van der Waals surface area contributed by atoms with Gasteiger partial charge >= 0.3 is 0 Å². The summed E-state index contributed by atoms with van der Waals surface area (Å²) >= 11 is 0. The fourth-order valence-corrected chi connectivity index (χ4v) is 3.10. The standard InChI is InChI=1S/C19H23N3O/c1-3-21(2)16-11-9-15(10-12-16)19(23)22-14-6-8-18(22)17-7-4-5-13-20-17/h4-5,7,9-13,18H,3,6,8,14H2,1-2H3/t18-/m1/s1. The number of nitrogens with zero attached hydrogens (tertiary/aromatic N) is 3. The van der Waals surface area contributed by atoms with E-state index in [4.69, 9.17) is 0 Å². The van der Waals surface area contributed by atoms with Crippen molar-refractivity contribution >= 4 is 11.6 Å². The van der Waals surface area contributed by atoms with Crippen LogP contribution in [-0.4, -0.2) is 35.9 Å². The molecule has 1 fully saturated rings. The van der Waals surface area contributed by atoms with Crippen LogP contribution in [0.15, 0.2) is 48.7 Å².